The van der Waals surface area contributed by atoms with Gasteiger partial charge in [-0.3, -0.25) is 0 Å². The quantitative estimate of drug-likeness (QED) is 0.213. The third-order valence-corrected chi connectivity index (χ3v) is 4.98. The van der Waals surface area contributed by atoms with Gasteiger partial charge in [-0.2, -0.15) is 0 Å². The second kappa shape index (κ2) is 12.7. The van der Waals surface area contributed by atoms with Crippen LogP contribution in [-0.2, 0) is 16.0 Å². The lowest BCUT2D eigenvalue weighted by Crippen LogP contribution is -2.16. The number of carbonyl (C=O) groups excluding carboxylic acids is 1. The van der Waals surface area contributed by atoms with Gasteiger partial charge in [-0.15, -0.1) is 13.2 Å². The van der Waals surface area contributed by atoms with Gasteiger partial charge < -0.3 is 18.9 Å². The number of esters is 1. The lowest BCUT2D eigenvalue weighted by molar-refractivity contribution is -0.274. The van der Waals surface area contributed by atoms with E-state index >= 15 is 0 Å². The van der Waals surface area contributed by atoms with Crippen LogP contribution in [0.5, 0.6) is 17.2 Å². The molecule has 8 heteroatoms. The predicted octanol–water partition coefficient (Wildman–Crippen LogP) is 6.60. The summed E-state index contributed by atoms with van der Waals surface area (Å²) in [5.41, 5.74) is 2.59. The van der Waals surface area contributed by atoms with Crippen LogP contribution in [0.1, 0.15) is 25.3 Å². The van der Waals surface area contributed by atoms with E-state index in [0.717, 1.165) is 19.3 Å². The minimum atomic E-state index is -4.75. The number of benzene rings is 3. The van der Waals surface area contributed by atoms with Crippen molar-refractivity contribution in [3.63, 3.8) is 0 Å². The molecule has 0 saturated heterocycles. The average Bonchev–Trinajstić information content (AvgIpc) is 2.83. The van der Waals surface area contributed by atoms with Crippen LogP contribution < -0.4 is 14.2 Å². The molecule has 0 radical (unpaired) electrons. The number of carbonyl (C=O) groups is 1. The van der Waals surface area contributed by atoms with Crippen LogP contribution in [-0.4, -0.2) is 32.2 Å². The maximum absolute atomic E-state index is 12.4. The summed E-state index contributed by atoms with van der Waals surface area (Å²) in [5.74, 6) is -0.0140. The highest BCUT2D eigenvalue weighted by atomic mass is 19.4. The Bertz CT molecular complexity index is 1070. The van der Waals surface area contributed by atoms with Crippen molar-refractivity contribution in [3.05, 3.63) is 78.4 Å². The number of unbranched alkanes of at least 4 members (excludes halogenated alkanes) is 1. The van der Waals surface area contributed by atoms with E-state index < -0.39 is 12.3 Å². The Kier molecular flexibility index (Phi) is 9.40. The molecule has 0 aliphatic carbocycles. The van der Waals surface area contributed by atoms with Crippen molar-refractivity contribution in [2.75, 3.05) is 19.8 Å². The molecule has 0 aliphatic heterocycles. The molecule has 3 aromatic carbocycles. The molecule has 186 valence electrons. The van der Waals surface area contributed by atoms with Crippen LogP contribution in [0.3, 0.4) is 0 Å². The first-order valence-electron chi connectivity index (χ1n) is 11.3. The molecule has 5 nitrogen and oxygen atoms in total. The lowest BCUT2D eigenvalue weighted by atomic mass is 10.0. The molecule has 0 atom stereocenters. The fourth-order valence-electron chi connectivity index (χ4n) is 3.37. The number of hydrogen-bond donors (Lipinski definition) is 0. The minimum Gasteiger partial charge on any atom is -0.490 e. The summed E-state index contributed by atoms with van der Waals surface area (Å²) in [4.78, 5) is 11.8. The molecule has 0 heterocycles. The Balaban J connectivity index is 1.66. The highest BCUT2D eigenvalue weighted by Gasteiger charge is 2.31. The van der Waals surface area contributed by atoms with Gasteiger partial charge in [0.15, 0.2) is 18.1 Å². The van der Waals surface area contributed by atoms with Crippen molar-refractivity contribution in [1.29, 1.82) is 0 Å². The molecule has 35 heavy (non-hydrogen) atoms. The topological polar surface area (TPSA) is 54.0 Å². The largest absolute Gasteiger partial charge is 0.573 e. The number of hydrogen-bond acceptors (Lipinski definition) is 5. The Morgan fingerprint density at radius 2 is 1.54 bits per heavy atom. The normalized spacial score (nSPS) is 11.1. The second-order valence-electron chi connectivity index (χ2n) is 7.62. The van der Waals surface area contributed by atoms with Gasteiger partial charge in [0.1, 0.15) is 5.75 Å². The highest BCUT2D eigenvalue weighted by Crippen LogP contribution is 2.34. The summed E-state index contributed by atoms with van der Waals surface area (Å²) in [7, 11) is 0. The maximum Gasteiger partial charge on any atom is 0.573 e. The first kappa shape index (κ1) is 25.9. The smallest absolute Gasteiger partial charge is 0.490 e. The Morgan fingerprint density at radius 3 is 2.23 bits per heavy atom. The third-order valence-electron chi connectivity index (χ3n) is 4.98. The SMILES string of the molecule is CCOC(=O)COc1cc(-c2ccc(OC(F)(F)F)cc2)ccc1OCCCCc1ccccc1. The zero-order valence-electron chi connectivity index (χ0n) is 19.3. The van der Waals surface area contributed by atoms with Crippen molar-refractivity contribution in [1.82, 2.24) is 0 Å². The van der Waals surface area contributed by atoms with Gasteiger partial charge in [0, 0.05) is 0 Å². The molecule has 0 fully saturated rings. The first-order valence-corrected chi connectivity index (χ1v) is 11.3. The Labute approximate surface area is 202 Å². The lowest BCUT2D eigenvalue weighted by Gasteiger charge is -2.15. The summed E-state index contributed by atoms with van der Waals surface area (Å²) in [6, 6.07) is 20.8. The van der Waals surface area contributed by atoms with Crippen molar-refractivity contribution < 1.29 is 36.9 Å². The average molecular weight is 489 g/mol. The van der Waals surface area contributed by atoms with Crippen molar-refractivity contribution in [3.8, 4) is 28.4 Å². The molecule has 0 saturated carbocycles. The molecule has 0 N–H and O–H groups in total. The standard InChI is InChI=1S/C27H27F3O5/c1-2-32-26(31)19-34-25-18-22(21-11-14-23(15-12-21)35-27(28,29)30)13-16-24(25)33-17-7-6-10-20-8-4-3-5-9-20/h3-5,8-9,11-16,18H,2,6-7,10,17,19H2,1H3. The minimum absolute atomic E-state index is 0.235. The monoisotopic (exact) mass is 488 g/mol. The van der Waals surface area contributed by atoms with Gasteiger partial charge in [0.2, 0.25) is 0 Å². The van der Waals surface area contributed by atoms with Gasteiger partial charge >= 0.3 is 12.3 Å². The maximum atomic E-state index is 12.4. The summed E-state index contributed by atoms with van der Waals surface area (Å²) in [5, 5.41) is 0. The molecule has 0 unspecified atom stereocenters. The van der Waals surface area contributed by atoms with Gasteiger partial charge in [-0.05, 0) is 67.1 Å². The van der Waals surface area contributed by atoms with E-state index in [1.807, 2.05) is 18.2 Å². The van der Waals surface area contributed by atoms with Crippen LogP contribution >= 0.6 is 0 Å². The molecule has 3 aromatic rings. The number of aryl methyl sites for hydroxylation is 1. The van der Waals surface area contributed by atoms with Gasteiger partial charge in [0.05, 0.1) is 13.2 Å². The summed E-state index contributed by atoms with van der Waals surface area (Å²) in [6.07, 6.45) is -2.03. The number of alkyl halides is 3. The molecule has 0 aromatic heterocycles. The summed E-state index contributed by atoms with van der Waals surface area (Å²) in [6.45, 7) is 2.11. The van der Waals surface area contributed by atoms with Crippen LogP contribution in [0.4, 0.5) is 13.2 Å². The van der Waals surface area contributed by atoms with Crippen molar-refractivity contribution in [2.24, 2.45) is 0 Å². The van der Waals surface area contributed by atoms with Crippen molar-refractivity contribution in [2.45, 2.75) is 32.5 Å². The predicted molar refractivity (Wildman–Crippen MR) is 126 cm³/mol. The molecular weight excluding hydrogens is 461 g/mol. The molecule has 0 aliphatic rings. The Hall–Kier alpha value is -3.68. The molecule has 0 amide bonds. The van der Waals surface area contributed by atoms with E-state index in [4.69, 9.17) is 14.2 Å². The Morgan fingerprint density at radius 1 is 0.829 bits per heavy atom. The number of ether oxygens (including phenoxy) is 4. The fourth-order valence-corrected chi connectivity index (χ4v) is 3.37. The second-order valence-corrected chi connectivity index (χ2v) is 7.62. The van der Waals surface area contributed by atoms with E-state index in [1.165, 1.54) is 29.8 Å². The van der Waals surface area contributed by atoms with Crippen LogP contribution in [0, 0.1) is 0 Å². The van der Waals surface area contributed by atoms with E-state index in [0.29, 0.717) is 29.2 Å². The third kappa shape index (κ3) is 8.88. The van der Waals surface area contributed by atoms with E-state index in [2.05, 4.69) is 16.9 Å². The van der Waals surface area contributed by atoms with E-state index in [1.54, 1.807) is 25.1 Å². The van der Waals surface area contributed by atoms with E-state index in [9.17, 15) is 18.0 Å². The zero-order chi connectivity index (χ0) is 25.1. The van der Waals surface area contributed by atoms with E-state index in [-0.39, 0.29) is 19.0 Å². The molecule has 0 bridgehead atoms. The number of halogens is 3. The van der Waals surface area contributed by atoms with Crippen LogP contribution in [0.25, 0.3) is 11.1 Å². The highest BCUT2D eigenvalue weighted by molar-refractivity contribution is 5.72. The number of rotatable bonds is 12. The van der Waals surface area contributed by atoms with Gasteiger partial charge in [-0.25, -0.2) is 4.79 Å². The zero-order valence-corrected chi connectivity index (χ0v) is 19.3. The summed E-state index contributed by atoms with van der Waals surface area (Å²) < 4.78 is 57.6. The molecule has 0 spiro atoms. The van der Waals surface area contributed by atoms with Crippen molar-refractivity contribution >= 4 is 5.97 Å². The molecule has 3 rings (SSSR count). The summed E-state index contributed by atoms with van der Waals surface area (Å²) >= 11 is 0. The molecular formula is C27H27F3O5. The van der Waals surface area contributed by atoms with Gasteiger partial charge in [-0.1, -0.05) is 48.5 Å². The first-order chi connectivity index (χ1) is 16.8. The fraction of sp³-hybridized carbons (Fsp3) is 0.296. The van der Waals surface area contributed by atoms with Gasteiger partial charge in [0.25, 0.3) is 0 Å². The van der Waals surface area contributed by atoms with Crippen LogP contribution in [0.2, 0.25) is 0 Å². The van der Waals surface area contributed by atoms with Crippen LogP contribution in [0.15, 0.2) is 72.8 Å².